The fourth-order valence-corrected chi connectivity index (χ4v) is 2.18. The SMILES string of the molecule is N#CCC(=O)Nc1ccc(C(=O)OCC(=O)Nc2ccc(CC#N)cc2)cc1. The summed E-state index contributed by atoms with van der Waals surface area (Å²) in [7, 11) is 0. The summed E-state index contributed by atoms with van der Waals surface area (Å²) in [4.78, 5) is 35.2. The van der Waals surface area contributed by atoms with Crippen LogP contribution in [-0.4, -0.2) is 24.4 Å². The number of nitrogens with one attached hydrogen (secondary N) is 2. The van der Waals surface area contributed by atoms with Gasteiger partial charge in [-0.2, -0.15) is 10.5 Å². The second-order valence-electron chi connectivity index (χ2n) is 5.62. The van der Waals surface area contributed by atoms with E-state index in [4.69, 9.17) is 15.3 Å². The number of hydrogen-bond acceptors (Lipinski definition) is 6. The molecule has 0 fully saturated rings. The summed E-state index contributed by atoms with van der Waals surface area (Å²) in [5, 5.41) is 22.2. The standard InChI is InChI=1S/C20H16N4O4/c21-11-9-14-1-5-16(6-2-14)24-19(26)13-28-20(27)15-3-7-17(8-4-15)23-18(25)10-12-22/h1-8H,9-10,13H2,(H,23,25)(H,24,26). The number of nitriles is 2. The van der Waals surface area contributed by atoms with Crippen LogP contribution in [0.2, 0.25) is 0 Å². The van der Waals surface area contributed by atoms with Crippen molar-refractivity contribution in [2.45, 2.75) is 12.8 Å². The number of benzene rings is 2. The van der Waals surface area contributed by atoms with Gasteiger partial charge in [0, 0.05) is 11.4 Å². The summed E-state index contributed by atoms with van der Waals surface area (Å²) < 4.78 is 4.96. The first-order chi connectivity index (χ1) is 13.5. The van der Waals surface area contributed by atoms with Crippen molar-refractivity contribution in [3.63, 3.8) is 0 Å². The highest BCUT2D eigenvalue weighted by molar-refractivity contribution is 5.96. The molecule has 0 aliphatic heterocycles. The molecule has 8 nitrogen and oxygen atoms in total. The summed E-state index contributed by atoms with van der Waals surface area (Å²) in [5.41, 5.74) is 2.01. The fourth-order valence-electron chi connectivity index (χ4n) is 2.18. The number of carbonyl (C=O) groups excluding carboxylic acids is 3. The fraction of sp³-hybridized carbons (Fsp3) is 0.150. The van der Waals surface area contributed by atoms with Gasteiger partial charge in [0.05, 0.1) is 24.1 Å². The maximum absolute atomic E-state index is 12.0. The first-order valence-corrected chi connectivity index (χ1v) is 8.21. The van der Waals surface area contributed by atoms with Gasteiger partial charge < -0.3 is 15.4 Å². The van der Waals surface area contributed by atoms with Gasteiger partial charge in [0.1, 0.15) is 6.42 Å². The molecular formula is C20H16N4O4. The van der Waals surface area contributed by atoms with Gasteiger partial charge in [-0.3, -0.25) is 9.59 Å². The Labute approximate surface area is 161 Å². The summed E-state index contributed by atoms with van der Waals surface area (Å²) in [6.45, 7) is -0.459. The number of amides is 2. The van der Waals surface area contributed by atoms with Crippen molar-refractivity contribution in [2.24, 2.45) is 0 Å². The van der Waals surface area contributed by atoms with Crippen molar-refractivity contribution in [1.29, 1.82) is 10.5 Å². The molecular weight excluding hydrogens is 360 g/mol. The lowest BCUT2D eigenvalue weighted by Gasteiger charge is -2.08. The van der Waals surface area contributed by atoms with Crippen LogP contribution in [0.4, 0.5) is 11.4 Å². The Morgan fingerprint density at radius 1 is 0.821 bits per heavy atom. The van der Waals surface area contributed by atoms with E-state index in [1.54, 1.807) is 30.3 Å². The normalized spacial score (nSPS) is 9.50. The Hall–Kier alpha value is -4.17. The van der Waals surface area contributed by atoms with Crippen molar-refractivity contribution in [1.82, 2.24) is 0 Å². The van der Waals surface area contributed by atoms with Crippen LogP contribution in [0.25, 0.3) is 0 Å². The van der Waals surface area contributed by atoms with E-state index < -0.39 is 24.4 Å². The van der Waals surface area contributed by atoms with Crippen molar-refractivity contribution in [2.75, 3.05) is 17.2 Å². The van der Waals surface area contributed by atoms with E-state index in [-0.39, 0.29) is 18.4 Å². The summed E-state index contributed by atoms with van der Waals surface area (Å²) >= 11 is 0. The number of nitrogens with zero attached hydrogens (tertiary/aromatic N) is 2. The largest absolute Gasteiger partial charge is 0.452 e. The van der Waals surface area contributed by atoms with Gasteiger partial charge in [-0.15, -0.1) is 0 Å². The van der Waals surface area contributed by atoms with Crippen LogP contribution in [0.15, 0.2) is 48.5 Å². The second-order valence-corrected chi connectivity index (χ2v) is 5.62. The number of ether oxygens (including phenoxy) is 1. The minimum Gasteiger partial charge on any atom is -0.452 e. The zero-order valence-corrected chi connectivity index (χ0v) is 14.8. The first-order valence-electron chi connectivity index (χ1n) is 8.21. The number of carbonyl (C=O) groups is 3. The number of esters is 1. The Morgan fingerprint density at radius 2 is 1.39 bits per heavy atom. The average molecular weight is 376 g/mol. The Morgan fingerprint density at radius 3 is 1.96 bits per heavy atom. The predicted octanol–water partition coefficient (Wildman–Crippen LogP) is 2.40. The van der Waals surface area contributed by atoms with Gasteiger partial charge in [0.25, 0.3) is 5.91 Å². The van der Waals surface area contributed by atoms with Crippen molar-refractivity contribution < 1.29 is 19.1 Å². The monoisotopic (exact) mass is 376 g/mol. The van der Waals surface area contributed by atoms with E-state index in [2.05, 4.69) is 10.6 Å². The van der Waals surface area contributed by atoms with Crippen LogP contribution >= 0.6 is 0 Å². The summed E-state index contributed by atoms with van der Waals surface area (Å²) in [6, 6.07) is 16.4. The Kier molecular flexibility index (Phi) is 7.26. The van der Waals surface area contributed by atoms with Crippen LogP contribution in [0.1, 0.15) is 22.3 Å². The first kappa shape index (κ1) is 20.1. The highest BCUT2D eigenvalue weighted by Gasteiger charge is 2.11. The molecule has 2 N–H and O–H groups in total. The maximum Gasteiger partial charge on any atom is 0.338 e. The van der Waals surface area contributed by atoms with E-state index in [1.165, 1.54) is 24.3 Å². The zero-order chi connectivity index (χ0) is 20.4. The number of rotatable bonds is 7. The predicted molar refractivity (Wildman–Crippen MR) is 100.0 cm³/mol. The molecule has 0 saturated heterocycles. The van der Waals surface area contributed by atoms with Crippen molar-refractivity contribution in [3.8, 4) is 12.1 Å². The third-order valence-electron chi connectivity index (χ3n) is 3.50. The second kappa shape index (κ2) is 10.1. The highest BCUT2D eigenvalue weighted by atomic mass is 16.5. The third-order valence-corrected chi connectivity index (χ3v) is 3.50. The molecule has 8 heteroatoms. The van der Waals surface area contributed by atoms with Gasteiger partial charge in [-0.05, 0) is 42.0 Å². The van der Waals surface area contributed by atoms with E-state index in [1.807, 2.05) is 6.07 Å². The van der Waals surface area contributed by atoms with Gasteiger partial charge >= 0.3 is 5.97 Å². The molecule has 0 radical (unpaired) electrons. The van der Waals surface area contributed by atoms with Crippen LogP contribution < -0.4 is 10.6 Å². The molecule has 2 aromatic carbocycles. The van der Waals surface area contributed by atoms with Crippen LogP contribution in [0.5, 0.6) is 0 Å². The van der Waals surface area contributed by atoms with E-state index in [0.29, 0.717) is 11.4 Å². The van der Waals surface area contributed by atoms with Gasteiger partial charge in [-0.25, -0.2) is 4.79 Å². The van der Waals surface area contributed by atoms with E-state index in [9.17, 15) is 14.4 Å². The summed E-state index contributed by atoms with van der Waals surface area (Å²) in [5.74, 6) is -1.63. The molecule has 0 saturated carbocycles. The molecule has 0 unspecified atom stereocenters. The number of anilines is 2. The minimum absolute atomic E-state index is 0.215. The van der Waals surface area contributed by atoms with Gasteiger partial charge in [0.2, 0.25) is 5.91 Å². The van der Waals surface area contributed by atoms with Crippen LogP contribution in [0.3, 0.4) is 0 Å². The molecule has 2 rings (SSSR count). The quantitative estimate of drug-likeness (QED) is 0.713. The lowest BCUT2D eigenvalue weighted by atomic mass is 10.1. The zero-order valence-electron chi connectivity index (χ0n) is 14.8. The average Bonchev–Trinajstić information content (AvgIpc) is 2.68. The summed E-state index contributed by atoms with van der Waals surface area (Å²) in [6.07, 6.45) is 0.0204. The minimum atomic E-state index is -0.686. The van der Waals surface area contributed by atoms with Crippen LogP contribution in [-0.2, 0) is 20.7 Å². The van der Waals surface area contributed by atoms with Crippen LogP contribution in [0, 0.1) is 22.7 Å². The highest BCUT2D eigenvalue weighted by Crippen LogP contribution is 2.12. The number of hydrogen-bond donors (Lipinski definition) is 2. The molecule has 2 amide bonds. The Bertz CT molecular complexity index is 938. The third kappa shape index (κ3) is 6.28. The van der Waals surface area contributed by atoms with Crippen molar-refractivity contribution >= 4 is 29.2 Å². The van der Waals surface area contributed by atoms with Gasteiger partial charge in [0.15, 0.2) is 6.61 Å². The Balaban J connectivity index is 1.82. The topological polar surface area (TPSA) is 132 Å². The lowest BCUT2D eigenvalue weighted by Crippen LogP contribution is -2.21. The maximum atomic E-state index is 12.0. The molecule has 0 spiro atoms. The van der Waals surface area contributed by atoms with Gasteiger partial charge in [-0.1, -0.05) is 12.1 Å². The molecule has 0 heterocycles. The molecule has 0 aliphatic carbocycles. The molecule has 0 atom stereocenters. The van der Waals surface area contributed by atoms with E-state index >= 15 is 0 Å². The smallest absolute Gasteiger partial charge is 0.338 e. The molecule has 2 aromatic rings. The molecule has 0 aliphatic rings. The molecule has 140 valence electrons. The van der Waals surface area contributed by atoms with Crippen molar-refractivity contribution in [3.05, 3.63) is 59.7 Å². The lowest BCUT2D eigenvalue weighted by molar-refractivity contribution is -0.119. The molecule has 0 bridgehead atoms. The van der Waals surface area contributed by atoms with E-state index in [0.717, 1.165) is 5.56 Å². The molecule has 28 heavy (non-hydrogen) atoms. The molecule has 0 aromatic heterocycles.